The molecule has 5 atom stereocenters. The van der Waals surface area contributed by atoms with E-state index in [4.69, 9.17) is 28.0 Å². The number of hydrogen-bond donors (Lipinski definition) is 2. The maximum Gasteiger partial charge on any atom is 0.573 e. The number of aliphatic hydroxyl groups is 1. The highest BCUT2D eigenvalue weighted by Crippen LogP contribution is 2.50. The van der Waals surface area contributed by atoms with E-state index in [-0.39, 0.29) is 49.5 Å². The molecule has 14 nitrogen and oxygen atoms in total. The van der Waals surface area contributed by atoms with Crippen molar-refractivity contribution in [3.63, 3.8) is 0 Å². The van der Waals surface area contributed by atoms with Crippen LogP contribution in [0.15, 0.2) is 114 Å². The highest BCUT2D eigenvalue weighted by molar-refractivity contribution is 7.89. The predicted octanol–water partition coefficient (Wildman–Crippen LogP) is 7.65. The molecule has 1 amide bonds. The van der Waals surface area contributed by atoms with Crippen molar-refractivity contribution in [2.75, 3.05) is 32.7 Å². The minimum Gasteiger partial charge on any atom is -0.481 e. The van der Waals surface area contributed by atoms with Gasteiger partial charge in [0.1, 0.15) is 17.6 Å². The highest BCUT2D eigenvalue weighted by atomic mass is 32.2. The summed E-state index contributed by atoms with van der Waals surface area (Å²) < 4.78 is 119. The first-order valence-electron chi connectivity index (χ1n) is 20.0. The van der Waals surface area contributed by atoms with Gasteiger partial charge in [0, 0.05) is 13.1 Å². The Labute approximate surface area is 358 Å². The van der Waals surface area contributed by atoms with E-state index in [1.54, 1.807) is 38.1 Å². The lowest BCUT2D eigenvalue weighted by molar-refractivity contribution is -0.274. The first-order valence-corrected chi connectivity index (χ1v) is 23.1. The topological polar surface area (TPSA) is 168 Å². The number of fused-ring (bicyclic) bond motifs is 1. The summed E-state index contributed by atoms with van der Waals surface area (Å²) >= 11 is 0. The van der Waals surface area contributed by atoms with Crippen LogP contribution in [0.3, 0.4) is 0 Å². The molecule has 2 aliphatic heterocycles. The summed E-state index contributed by atoms with van der Waals surface area (Å²) in [5, 5.41) is 14.5. The van der Waals surface area contributed by atoms with E-state index < -0.39 is 73.3 Å². The van der Waals surface area contributed by atoms with E-state index in [0.717, 1.165) is 39.7 Å². The van der Waals surface area contributed by atoms with Gasteiger partial charge in [0.05, 0.1) is 49.4 Å². The highest BCUT2D eigenvalue weighted by Gasteiger charge is 2.44. The van der Waals surface area contributed by atoms with Gasteiger partial charge in [-0.1, -0.05) is 86.6 Å². The van der Waals surface area contributed by atoms with Gasteiger partial charge in [0.15, 0.2) is 12.6 Å². The maximum atomic E-state index is 13.9. The van der Waals surface area contributed by atoms with Crippen LogP contribution < -0.4 is 14.8 Å². The molecule has 0 radical (unpaired) electrons. The SMILES string of the molecule is CC(C)CN(C[C@@H](O)[C@H](Cc1ccc(OCP(=O)(OCc2ccccc2)OCc2ccccc2)cc1)NC(=O)OC1CO[C@H]2OCC[C@@H]12)S(=O)(=O)c1ccc(OC(F)(F)F)cc1. The average Bonchev–Trinajstić information content (AvgIpc) is 3.87. The number of ether oxygens (including phenoxy) is 5. The number of halogens is 3. The fourth-order valence-corrected chi connectivity index (χ4v) is 9.71. The third-order valence-corrected chi connectivity index (χ3v) is 13.3. The van der Waals surface area contributed by atoms with Gasteiger partial charge < -0.3 is 43.2 Å². The van der Waals surface area contributed by atoms with Crippen LogP contribution in [0.2, 0.25) is 0 Å². The summed E-state index contributed by atoms with van der Waals surface area (Å²) in [6, 6.07) is 27.6. The molecule has 19 heteroatoms. The summed E-state index contributed by atoms with van der Waals surface area (Å²) in [7, 11) is -8.19. The minimum atomic E-state index is -4.97. The van der Waals surface area contributed by atoms with Crippen LogP contribution in [0.4, 0.5) is 18.0 Å². The van der Waals surface area contributed by atoms with Crippen LogP contribution in [-0.4, -0.2) is 87.5 Å². The van der Waals surface area contributed by atoms with Crippen LogP contribution in [0.1, 0.15) is 37.0 Å². The third kappa shape index (κ3) is 13.7. The molecule has 4 aromatic carbocycles. The van der Waals surface area contributed by atoms with Gasteiger partial charge in [-0.15, -0.1) is 13.2 Å². The Hall–Kier alpha value is -4.52. The number of rotatable bonds is 21. The molecule has 0 spiro atoms. The second kappa shape index (κ2) is 21.2. The molecule has 336 valence electrons. The van der Waals surface area contributed by atoms with Crippen LogP contribution >= 0.6 is 7.60 Å². The number of amides is 1. The number of nitrogens with zero attached hydrogens (tertiary/aromatic N) is 1. The Balaban J connectivity index is 1.16. The molecular formula is C43H50F3N2O12PS. The normalized spacial score (nSPS) is 18.9. The van der Waals surface area contributed by atoms with Crippen LogP contribution in [0, 0.1) is 11.8 Å². The molecule has 6 rings (SSSR count). The van der Waals surface area contributed by atoms with Crippen molar-refractivity contribution in [3.05, 3.63) is 126 Å². The number of alkyl carbamates (subject to hydrolysis) is 1. The molecule has 0 bridgehead atoms. The van der Waals surface area contributed by atoms with Gasteiger partial charge in [0.25, 0.3) is 0 Å². The summed E-state index contributed by atoms with van der Waals surface area (Å²) in [6.07, 6.45) is -8.24. The zero-order valence-electron chi connectivity index (χ0n) is 34.1. The van der Waals surface area contributed by atoms with Crippen molar-refractivity contribution in [1.29, 1.82) is 0 Å². The van der Waals surface area contributed by atoms with Gasteiger partial charge in [0.2, 0.25) is 10.0 Å². The molecular weight excluding hydrogens is 857 g/mol. The lowest BCUT2D eigenvalue weighted by atomic mass is 10.0. The number of benzene rings is 4. The fraction of sp³-hybridized carbons (Fsp3) is 0.419. The van der Waals surface area contributed by atoms with Gasteiger partial charge in [-0.2, -0.15) is 4.31 Å². The van der Waals surface area contributed by atoms with E-state index in [9.17, 15) is 36.1 Å². The molecule has 2 saturated heterocycles. The van der Waals surface area contributed by atoms with E-state index in [2.05, 4.69) is 10.1 Å². The van der Waals surface area contributed by atoms with E-state index in [1.165, 1.54) is 0 Å². The predicted molar refractivity (Wildman–Crippen MR) is 219 cm³/mol. The van der Waals surface area contributed by atoms with E-state index in [0.29, 0.717) is 24.3 Å². The first kappa shape index (κ1) is 47.0. The van der Waals surface area contributed by atoms with Crippen molar-refractivity contribution in [1.82, 2.24) is 9.62 Å². The molecule has 0 aliphatic carbocycles. The zero-order valence-corrected chi connectivity index (χ0v) is 35.8. The lowest BCUT2D eigenvalue weighted by Gasteiger charge is -2.31. The van der Waals surface area contributed by atoms with Crippen molar-refractivity contribution >= 4 is 23.7 Å². The number of sulfonamides is 1. The van der Waals surface area contributed by atoms with Crippen molar-refractivity contribution in [2.24, 2.45) is 11.8 Å². The van der Waals surface area contributed by atoms with E-state index >= 15 is 0 Å². The number of nitrogens with one attached hydrogen (secondary N) is 1. The smallest absolute Gasteiger partial charge is 0.481 e. The molecule has 2 aliphatic rings. The molecule has 2 heterocycles. The second-order valence-electron chi connectivity index (χ2n) is 15.3. The standard InChI is InChI=1S/C43H50F3N2O12PS/c1-30(2)24-48(62(52,53)36-19-17-35(18-20-36)60-43(44,45)46)25-39(49)38(47-42(50)59-40-28-55-41-37(40)21-22-54-41)23-31-13-15-34(16-14-31)56-29-61(51,57-26-32-9-5-3-6-10-32)58-27-33-11-7-4-8-12-33/h3-20,30,37-41,49H,21-29H2,1-2H3,(H,47,50)/t37-,38-,39+,40?,41+/m0/s1. The number of aliphatic hydroxyl groups excluding tert-OH is 1. The van der Waals surface area contributed by atoms with Gasteiger partial charge >= 0.3 is 20.1 Å². The maximum absolute atomic E-state index is 13.9. The van der Waals surface area contributed by atoms with Gasteiger partial charge in [-0.3, -0.25) is 4.57 Å². The van der Waals surface area contributed by atoms with Crippen LogP contribution in [0.25, 0.3) is 0 Å². The summed E-state index contributed by atoms with van der Waals surface area (Å²) in [6.45, 7) is 3.58. The van der Waals surface area contributed by atoms with E-state index in [1.807, 2.05) is 60.7 Å². The minimum absolute atomic E-state index is 0.00914. The fourth-order valence-electron chi connectivity index (χ4n) is 6.87. The van der Waals surface area contributed by atoms with Gasteiger partial charge in [-0.25, -0.2) is 13.2 Å². The molecule has 4 aromatic rings. The summed E-state index contributed by atoms with van der Waals surface area (Å²) in [4.78, 5) is 13.1. The molecule has 1 unspecified atom stereocenters. The Morgan fingerprint density at radius 1 is 0.855 bits per heavy atom. The molecule has 0 saturated carbocycles. The molecule has 0 aromatic heterocycles. The monoisotopic (exact) mass is 906 g/mol. The molecule has 2 N–H and O–H groups in total. The second-order valence-corrected chi connectivity index (χ2v) is 19.2. The number of carbonyl (C=O) groups excluding carboxylic acids is 1. The summed E-state index contributed by atoms with van der Waals surface area (Å²) in [5.74, 6) is -0.684. The summed E-state index contributed by atoms with van der Waals surface area (Å²) in [5.41, 5.74) is 2.18. The van der Waals surface area contributed by atoms with Crippen molar-refractivity contribution in [3.8, 4) is 11.5 Å². The number of alkyl halides is 3. The Morgan fingerprint density at radius 2 is 1.45 bits per heavy atom. The zero-order chi connectivity index (χ0) is 44.3. The van der Waals surface area contributed by atoms with Crippen LogP contribution in [-0.2, 0) is 57.5 Å². The molecule has 2 fully saturated rings. The Morgan fingerprint density at radius 3 is 2.03 bits per heavy atom. The first-order chi connectivity index (χ1) is 29.5. The third-order valence-electron chi connectivity index (χ3n) is 9.98. The Kier molecular flexibility index (Phi) is 16.1. The average molecular weight is 907 g/mol. The largest absolute Gasteiger partial charge is 0.573 e. The lowest BCUT2D eigenvalue weighted by Crippen LogP contribution is -2.51. The Bertz CT molecular complexity index is 2140. The molecule has 62 heavy (non-hydrogen) atoms. The van der Waals surface area contributed by atoms with Crippen molar-refractivity contribution in [2.45, 2.75) is 75.7 Å². The quantitative estimate of drug-likeness (QED) is 0.0785. The van der Waals surface area contributed by atoms with Crippen LogP contribution in [0.5, 0.6) is 11.5 Å². The number of hydrogen-bond acceptors (Lipinski definition) is 12. The number of carbonyl (C=O) groups is 1. The van der Waals surface area contributed by atoms with Gasteiger partial charge in [-0.05, 0) is 71.8 Å². The van der Waals surface area contributed by atoms with Crippen molar-refractivity contribution < 1.29 is 68.8 Å².